The Bertz CT molecular complexity index is 1180. The zero-order valence-electron chi connectivity index (χ0n) is 16.5. The monoisotopic (exact) mass is 423 g/mol. The van der Waals surface area contributed by atoms with Crippen molar-refractivity contribution in [2.24, 2.45) is 0 Å². The Hall–Kier alpha value is -3.19. The van der Waals surface area contributed by atoms with Gasteiger partial charge in [0.2, 0.25) is 0 Å². The maximum Gasteiger partial charge on any atom is 0.196 e. The van der Waals surface area contributed by atoms with Crippen LogP contribution < -0.4 is 4.74 Å². The van der Waals surface area contributed by atoms with Crippen LogP contribution >= 0.6 is 11.8 Å². The molecule has 0 spiro atoms. The van der Waals surface area contributed by atoms with Gasteiger partial charge < -0.3 is 4.74 Å². The molecule has 0 saturated carbocycles. The van der Waals surface area contributed by atoms with E-state index in [2.05, 4.69) is 10.2 Å². The number of rotatable bonds is 6. The van der Waals surface area contributed by atoms with Crippen LogP contribution in [0.3, 0.4) is 0 Å². The van der Waals surface area contributed by atoms with E-state index in [0.29, 0.717) is 28.0 Å². The summed E-state index contributed by atoms with van der Waals surface area (Å²) in [5.41, 5.74) is 3.52. The molecule has 4 aromatic rings. The summed E-state index contributed by atoms with van der Waals surface area (Å²) in [6.45, 7) is 2.02. The minimum Gasteiger partial charge on any atom is -0.496 e. The van der Waals surface area contributed by atoms with Gasteiger partial charge in [-0.25, -0.2) is 8.78 Å². The summed E-state index contributed by atoms with van der Waals surface area (Å²) >= 11 is 1.40. The molecule has 0 aliphatic heterocycles. The number of benzene rings is 3. The second kappa shape index (κ2) is 8.67. The van der Waals surface area contributed by atoms with E-state index < -0.39 is 11.6 Å². The van der Waals surface area contributed by atoms with Gasteiger partial charge >= 0.3 is 0 Å². The van der Waals surface area contributed by atoms with Gasteiger partial charge in [0, 0.05) is 11.4 Å². The van der Waals surface area contributed by atoms with Crippen molar-refractivity contribution in [1.29, 1.82) is 0 Å². The van der Waals surface area contributed by atoms with Crippen LogP contribution in [0.5, 0.6) is 5.75 Å². The maximum atomic E-state index is 13.6. The molecule has 4 nitrogen and oxygen atoms in total. The van der Waals surface area contributed by atoms with Gasteiger partial charge in [-0.15, -0.1) is 10.2 Å². The fourth-order valence-electron chi connectivity index (χ4n) is 3.07. The highest BCUT2D eigenvalue weighted by Gasteiger charge is 2.19. The summed E-state index contributed by atoms with van der Waals surface area (Å²) in [5, 5.41) is 9.43. The lowest BCUT2D eigenvalue weighted by Gasteiger charge is -2.13. The molecule has 3 aromatic carbocycles. The van der Waals surface area contributed by atoms with E-state index in [1.807, 2.05) is 60.0 Å². The zero-order valence-corrected chi connectivity index (χ0v) is 17.3. The predicted octanol–water partition coefficient (Wildman–Crippen LogP) is 5.82. The number of para-hydroxylation sites is 1. The van der Waals surface area contributed by atoms with Crippen LogP contribution in [0.1, 0.15) is 11.1 Å². The maximum absolute atomic E-state index is 13.6. The lowest BCUT2D eigenvalue weighted by molar-refractivity contribution is 0.416. The minimum absolute atomic E-state index is 0.424. The average Bonchev–Trinajstić information content (AvgIpc) is 3.19. The molecule has 0 radical (unpaired) electrons. The van der Waals surface area contributed by atoms with Gasteiger partial charge in [-0.1, -0.05) is 47.7 Å². The smallest absolute Gasteiger partial charge is 0.196 e. The molecule has 0 amide bonds. The first-order chi connectivity index (χ1) is 14.6. The topological polar surface area (TPSA) is 39.9 Å². The van der Waals surface area contributed by atoms with Gasteiger partial charge in [-0.2, -0.15) is 0 Å². The van der Waals surface area contributed by atoms with Crippen molar-refractivity contribution in [1.82, 2.24) is 14.8 Å². The third-order valence-corrected chi connectivity index (χ3v) is 5.63. The molecule has 0 aliphatic carbocycles. The number of aryl methyl sites for hydroxylation is 1. The summed E-state index contributed by atoms with van der Waals surface area (Å²) in [7, 11) is 1.62. The third kappa shape index (κ3) is 4.07. The number of methoxy groups -OCH3 is 1. The lowest BCUT2D eigenvalue weighted by atomic mass is 10.1. The van der Waals surface area contributed by atoms with Crippen LogP contribution in [-0.2, 0) is 5.75 Å². The van der Waals surface area contributed by atoms with Crippen molar-refractivity contribution < 1.29 is 13.5 Å². The summed E-state index contributed by atoms with van der Waals surface area (Å²) in [4.78, 5) is 0. The quantitative estimate of drug-likeness (QED) is 0.366. The molecule has 4 rings (SSSR count). The number of halogens is 2. The Balaban J connectivity index is 1.76. The Morgan fingerprint density at radius 1 is 0.933 bits per heavy atom. The number of ether oxygens (including phenoxy) is 1. The lowest BCUT2D eigenvalue weighted by Crippen LogP contribution is -2.01. The van der Waals surface area contributed by atoms with E-state index in [9.17, 15) is 8.78 Å². The number of thioether (sulfide) groups is 1. The standard InChI is InChI=1S/C23H19F2N3OS/c1-15-7-10-17(11-8-15)28-22(18-5-3-4-6-21(18)29-2)26-27-23(28)30-14-16-9-12-19(24)20(25)13-16/h3-13H,14H2,1-2H3. The molecule has 152 valence electrons. The summed E-state index contributed by atoms with van der Waals surface area (Å²) in [6.07, 6.45) is 0. The van der Waals surface area contributed by atoms with Gasteiger partial charge in [0.1, 0.15) is 5.75 Å². The van der Waals surface area contributed by atoms with Crippen molar-refractivity contribution in [3.05, 3.63) is 89.5 Å². The largest absolute Gasteiger partial charge is 0.496 e. The second-order valence-corrected chi connectivity index (χ2v) is 7.66. The van der Waals surface area contributed by atoms with E-state index in [-0.39, 0.29) is 0 Å². The fraction of sp³-hybridized carbons (Fsp3) is 0.130. The summed E-state index contributed by atoms with van der Waals surface area (Å²) < 4.78 is 34.2. The molecule has 1 heterocycles. The molecule has 0 bridgehead atoms. The first kappa shape index (κ1) is 20.1. The minimum atomic E-state index is -0.859. The normalized spacial score (nSPS) is 10.9. The molecule has 7 heteroatoms. The molecule has 0 atom stereocenters. The van der Waals surface area contributed by atoms with Crippen LogP contribution in [0.2, 0.25) is 0 Å². The Morgan fingerprint density at radius 2 is 1.70 bits per heavy atom. The van der Waals surface area contributed by atoms with Crippen molar-refractivity contribution >= 4 is 11.8 Å². The number of hydrogen-bond donors (Lipinski definition) is 0. The van der Waals surface area contributed by atoms with Crippen LogP contribution in [0, 0.1) is 18.6 Å². The average molecular weight is 423 g/mol. The van der Waals surface area contributed by atoms with Crippen LogP contribution in [0.15, 0.2) is 71.9 Å². The predicted molar refractivity (Wildman–Crippen MR) is 114 cm³/mol. The number of nitrogens with zero attached hydrogens (tertiary/aromatic N) is 3. The fourth-order valence-corrected chi connectivity index (χ4v) is 3.97. The number of aromatic nitrogens is 3. The summed E-state index contributed by atoms with van der Waals surface area (Å²) in [6, 6.07) is 19.6. The van der Waals surface area contributed by atoms with Gasteiger partial charge in [0.15, 0.2) is 22.6 Å². The van der Waals surface area contributed by atoms with E-state index in [4.69, 9.17) is 4.74 Å². The first-order valence-corrected chi connectivity index (χ1v) is 10.3. The Labute approximate surface area is 177 Å². The zero-order chi connectivity index (χ0) is 21.1. The van der Waals surface area contributed by atoms with Gasteiger partial charge in [0.25, 0.3) is 0 Å². The Morgan fingerprint density at radius 3 is 2.43 bits per heavy atom. The van der Waals surface area contributed by atoms with Gasteiger partial charge in [-0.05, 0) is 48.9 Å². The molecule has 0 saturated heterocycles. The van der Waals surface area contributed by atoms with Crippen LogP contribution in [0.25, 0.3) is 17.1 Å². The first-order valence-electron chi connectivity index (χ1n) is 9.29. The van der Waals surface area contributed by atoms with E-state index >= 15 is 0 Å². The third-order valence-electron chi connectivity index (χ3n) is 4.63. The highest BCUT2D eigenvalue weighted by molar-refractivity contribution is 7.98. The second-order valence-electron chi connectivity index (χ2n) is 6.71. The molecule has 1 aromatic heterocycles. The number of hydrogen-bond acceptors (Lipinski definition) is 4. The van der Waals surface area contributed by atoms with Gasteiger partial charge in [-0.3, -0.25) is 4.57 Å². The van der Waals surface area contributed by atoms with Gasteiger partial charge in [0.05, 0.1) is 12.7 Å². The van der Waals surface area contributed by atoms with Crippen molar-refractivity contribution in [2.75, 3.05) is 7.11 Å². The van der Waals surface area contributed by atoms with Crippen molar-refractivity contribution in [3.8, 4) is 22.8 Å². The van der Waals surface area contributed by atoms with E-state index in [1.54, 1.807) is 13.2 Å². The van der Waals surface area contributed by atoms with Crippen molar-refractivity contribution in [3.63, 3.8) is 0 Å². The molecule has 0 aliphatic rings. The molecule has 0 unspecified atom stereocenters. The molecular weight excluding hydrogens is 404 g/mol. The highest BCUT2D eigenvalue weighted by atomic mass is 32.2. The van der Waals surface area contributed by atoms with Crippen molar-refractivity contribution in [2.45, 2.75) is 17.8 Å². The molecule has 0 N–H and O–H groups in total. The SMILES string of the molecule is COc1ccccc1-c1nnc(SCc2ccc(F)c(F)c2)n1-c1ccc(C)cc1. The molecule has 0 fully saturated rings. The van der Waals surface area contributed by atoms with Crippen LogP contribution in [-0.4, -0.2) is 21.9 Å². The highest BCUT2D eigenvalue weighted by Crippen LogP contribution is 2.34. The molecular formula is C23H19F2N3OS. The van der Waals surface area contributed by atoms with Crippen LogP contribution in [0.4, 0.5) is 8.78 Å². The van der Waals surface area contributed by atoms with E-state index in [0.717, 1.165) is 22.9 Å². The molecule has 30 heavy (non-hydrogen) atoms. The Kier molecular flexibility index (Phi) is 5.81. The summed E-state index contributed by atoms with van der Waals surface area (Å²) in [5.74, 6) is 0.0416. The van der Waals surface area contributed by atoms with E-state index in [1.165, 1.54) is 17.8 Å².